The van der Waals surface area contributed by atoms with Crippen molar-refractivity contribution in [3.8, 4) is 0 Å². The average molecular weight is 2030 g/mol. The molecule has 20 aliphatic rings. The Morgan fingerprint density at radius 3 is 0.493 bits per heavy atom. The monoisotopic (exact) mass is 2020 g/mol. The van der Waals surface area contributed by atoms with E-state index in [9.17, 15) is 0 Å². The minimum absolute atomic E-state index is 0. The van der Waals surface area contributed by atoms with E-state index in [1.54, 1.807) is 173 Å². The first-order chi connectivity index (χ1) is 69.5. The summed E-state index contributed by atoms with van der Waals surface area (Å²) in [6.07, 6.45) is 131. The fraction of sp³-hybridized carbons (Fsp3) is 0.958. The summed E-state index contributed by atoms with van der Waals surface area (Å²) in [6, 6.07) is 0. The molecule has 20 aliphatic carbocycles. The van der Waals surface area contributed by atoms with Crippen LogP contribution in [0.3, 0.4) is 0 Å². The standard InChI is InChI=1S/C16H30.C16H28.6C14H26.2C14H24.16H2/c2*1-13-3-7-15(8-4-13)11-12-16-9-5-14(2)6-10-16;8*1-11-3-7-13(8-4-11)14-9-5-12(2)6-10-14;;;;;;;;;;;;;;;;/h13-16H,3-12H2,1-2H3;11-16H,3-10H2,1-2H3;6*11-14H,3-10H2,1-2H3;7,11-12,14H,3-6,8-10H2,1-2H3;3,12-14H,4-10H2,1-2H3;16*1H/b;12-11+;;;;;;;;;;;;;;;;;;;;;;;;. The predicted molar refractivity (Wildman–Crippen MR) is 675 cm³/mol. The Hall–Kier alpha value is -0.780. The van der Waals surface area contributed by atoms with Crippen LogP contribution in [0.1, 0.15) is 675 Å². The van der Waals surface area contributed by atoms with E-state index in [0.29, 0.717) is 0 Å². The van der Waals surface area contributed by atoms with E-state index in [-0.39, 0.29) is 22.8 Å². The highest BCUT2D eigenvalue weighted by molar-refractivity contribution is 5.11. The molecule has 0 saturated heterocycles. The number of rotatable bonds is 13. The third-order valence-corrected chi connectivity index (χ3v) is 47.4. The summed E-state index contributed by atoms with van der Waals surface area (Å²) in [5, 5.41) is 0. The highest BCUT2D eigenvalue weighted by Crippen LogP contribution is 2.51. The Bertz CT molecular complexity index is 2770. The molecule has 0 aliphatic heterocycles. The van der Waals surface area contributed by atoms with Gasteiger partial charge in [0.25, 0.3) is 0 Å². The van der Waals surface area contributed by atoms with Gasteiger partial charge in [-0.15, -0.1) is 0 Å². The van der Waals surface area contributed by atoms with Gasteiger partial charge in [0.2, 0.25) is 0 Å². The van der Waals surface area contributed by atoms with Crippen molar-refractivity contribution in [2.75, 3.05) is 0 Å². The molecule has 18 saturated carbocycles. The summed E-state index contributed by atoms with van der Waals surface area (Å²) in [4.78, 5) is 0. The summed E-state index contributed by atoms with van der Waals surface area (Å²) in [7, 11) is 0. The van der Waals surface area contributed by atoms with Gasteiger partial charge < -0.3 is 0 Å². The van der Waals surface area contributed by atoms with Crippen molar-refractivity contribution < 1.29 is 22.8 Å². The molecule has 18 fully saturated rings. The summed E-state index contributed by atoms with van der Waals surface area (Å²) in [6.45, 7) is 48.3. The number of hydrogen-bond donors (Lipinski definition) is 0. The lowest BCUT2D eigenvalue weighted by molar-refractivity contribution is 0.155. The van der Waals surface area contributed by atoms with Gasteiger partial charge in [0, 0.05) is 22.8 Å². The van der Waals surface area contributed by atoms with E-state index in [2.05, 4.69) is 163 Å². The summed E-state index contributed by atoms with van der Waals surface area (Å²) >= 11 is 0. The fourth-order valence-electron chi connectivity index (χ4n) is 34.2. The van der Waals surface area contributed by atoms with E-state index in [1.165, 1.54) is 347 Å². The Kier molecular flexibility index (Phi) is 58.9. The van der Waals surface area contributed by atoms with Gasteiger partial charge in [-0.2, -0.15) is 0 Å². The molecule has 20 rings (SSSR count). The molecule has 0 aromatic rings. The van der Waals surface area contributed by atoms with Gasteiger partial charge in [0.1, 0.15) is 0 Å². The summed E-state index contributed by atoms with van der Waals surface area (Å²) in [5.41, 5.74) is 3.44. The van der Waals surface area contributed by atoms with Gasteiger partial charge in [-0.1, -0.05) is 437 Å². The van der Waals surface area contributed by atoms with Crippen LogP contribution < -0.4 is 0 Å². The zero-order chi connectivity index (χ0) is 102. The second-order valence-corrected chi connectivity index (χ2v) is 60.7. The molecule has 0 spiro atoms. The van der Waals surface area contributed by atoms with Crippen molar-refractivity contribution in [1.82, 2.24) is 0 Å². The first-order valence-electron chi connectivity index (χ1n) is 68.5. The van der Waals surface area contributed by atoms with Crippen LogP contribution in [0.2, 0.25) is 0 Å². The Balaban J connectivity index is -0.000000407. The van der Waals surface area contributed by atoms with Gasteiger partial charge in [-0.05, 0) is 476 Å². The minimum Gasteiger partial charge on any atom is -0.0853 e. The van der Waals surface area contributed by atoms with Crippen molar-refractivity contribution in [2.24, 2.45) is 225 Å². The van der Waals surface area contributed by atoms with Crippen LogP contribution in [0, 0.1) is 225 Å². The van der Waals surface area contributed by atoms with Crippen molar-refractivity contribution in [2.45, 2.75) is 652 Å². The topological polar surface area (TPSA) is 0 Å². The number of hydrogen-bond acceptors (Lipinski definition) is 0. The average Bonchev–Trinajstić information content (AvgIpc) is 0.878. The molecule has 144 heavy (non-hydrogen) atoms. The fourth-order valence-corrected chi connectivity index (χ4v) is 34.2. The second kappa shape index (κ2) is 68.7. The van der Waals surface area contributed by atoms with Crippen molar-refractivity contribution in [3.05, 3.63) is 35.5 Å². The Labute approximate surface area is 930 Å². The van der Waals surface area contributed by atoms with Crippen LogP contribution in [0.25, 0.3) is 0 Å². The normalized spacial score (nSPS) is 43.0. The van der Waals surface area contributed by atoms with E-state index in [4.69, 9.17) is 0 Å². The third-order valence-electron chi connectivity index (χ3n) is 47.4. The summed E-state index contributed by atoms with van der Waals surface area (Å²) < 4.78 is 0. The van der Waals surface area contributed by atoms with Crippen LogP contribution in [0.15, 0.2) is 35.5 Å². The number of allylic oxidation sites excluding steroid dienone is 6. The molecule has 0 nitrogen and oxygen atoms in total. The smallest absolute Gasteiger partial charge is 0 e. The van der Waals surface area contributed by atoms with Gasteiger partial charge >= 0.3 is 0 Å². The van der Waals surface area contributed by atoms with E-state index < -0.39 is 0 Å². The molecule has 0 bridgehead atoms. The van der Waals surface area contributed by atoms with Crippen LogP contribution in [-0.2, 0) is 0 Å². The van der Waals surface area contributed by atoms with Crippen molar-refractivity contribution in [3.63, 3.8) is 0 Å². The van der Waals surface area contributed by atoms with Gasteiger partial charge in [0.15, 0.2) is 0 Å². The lowest BCUT2D eigenvalue weighted by Crippen LogP contribution is -2.24. The van der Waals surface area contributed by atoms with Crippen molar-refractivity contribution in [1.29, 1.82) is 0 Å². The molecule has 0 aromatic heterocycles. The lowest BCUT2D eigenvalue weighted by Gasteiger charge is -2.36. The Morgan fingerprint density at radius 2 is 0.326 bits per heavy atom. The first-order valence-corrected chi connectivity index (χ1v) is 68.5. The van der Waals surface area contributed by atoms with E-state index in [1.807, 2.05) is 5.57 Å². The minimum atomic E-state index is 0. The Morgan fingerprint density at radius 1 is 0.160 bits per heavy atom. The van der Waals surface area contributed by atoms with Crippen LogP contribution >= 0.6 is 0 Å². The molecule has 0 radical (unpaired) electrons. The molecule has 870 valence electrons. The molecular formula is C144H294. The van der Waals surface area contributed by atoms with Gasteiger partial charge in [-0.3, -0.25) is 0 Å². The third kappa shape index (κ3) is 47.7. The van der Waals surface area contributed by atoms with Crippen molar-refractivity contribution >= 4 is 0 Å². The molecule has 0 heterocycles. The molecule has 2 atom stereocenters. The van der Waals surface area contributed by atoms with E-state index >= 15 is 0 Å². The van der Waals surface area contributed by atoms with Crippen LogP contribution in [-0.4, -0.2) is 0 Å². The summed E-state index contributed by atoms with van der Waals surface area (Å²) in [5.74, 6) is 39.6. The van der Waals surface area contributed by atoms with Gasteiger partial charge in [0.05, 0.1) is 0 Å². The zero-order valence-corrected chi connectivity index (χ0v) is 102. The van der Waals surface area contributed by atoms with Gasteiger partial charge in [-0.25, -0.2) is 0 Å². The predicted octanol–water partition coefficient (Wildman–Crippen LogP) is 51.5. The molecule has 0 amide bonds. The van der Waals surface area contributed by atoms with Crippen LogP contribution in [0.4, 0.5) is 0 Å². The highest BCUT2D eigenvalue weighted by Gasteiger charge is 2.38. The zero-order valence-electron chi connectivity index (χ0n) is 102. The molecule has 0 heteroatoms. The van der Waals surface area contributed by atoms with Crippen LogP contribution in [0.5, 0.6) is 0 Å². The first kappa shape index (κ1) is 123. The maximum atomic E-state index is 2.56. The molecular weight excluding hydrogens is 1730 g/mol. The maximum absolute atomic E-state index is 2.56. The lowest BCUT2D eigenvalue weighted by atomic mass is 9.70. The SMILES string of the molecule is CC1=CCC(C2CCC(C)CC2)CC1.CC1CC=C(C2CCC(C)CC2)CC1.CC1CCC(/C=C/C2CCC(C)CC2)CC1.CC1CCC(C2CCC(C)CC2)CC1.CC1CCC(C2CCC(C)CC2)CC1.CC1CCC(C2CCC(C)CC2)CC1.CC1CCC(C2CCC(C)CC2)CC1.CC1CCC(C2CCC(C)CC2)CC1.CC1CCC(C2CCC(C)CC2)CC1.CC1CCC(CCC2CCC(C)CC2)CC1.[HH].[HH].[HH].[HH].[HH].[HH].[HH].[HH].[HH].[HH].[HH].[HH].[HH].[HH].[HH].[HH]. The van der Waals surface area contributed by atoms with E-state index in [0.717, 1.165) is 225 Å². The molecule has 0 N–H and O–H groups in total. The highest BCUT2D eigenvalue weighted by atomic mass is 14.4. The molecule has 0 aromatic carbocycles. The molecule has 2 unspecified atom stereocenters. The quantitative estimate of drug-likeness (QED) is 0.161. The largest absolute Gasteiger partial charge is 0.0853 e. The maximum Gasteiger partial charge on any atom is 0 e. The second-order valence-electron chi connectivity index (χ2n) is 60.7.